The van der Waals surface area contributed by atoms with Gasteiger partial charge >= 0.3 is 0 Å². The molecule has 36 heavy (non-hydrogen) atoms. The summed E-state index contributed by atoms with van der Waals surface area (Å²) < 4.78 is 30.5. The van der Waals surface area contributed by atoms with Crippen molar-refractivity contribution in [3.05, 3.63) is 76.9 Å². The first-order valence-corrected chi connectivity index (χ1v) is 13.7. The number of nitrogens with one attached hydrogen (secondary N) is 1. The lowest BCUT2D eigenvalue weighted by molar-refractivity contribution is 0.316. The summed E-state index contributed by atoms with van der Waals surface area (Å²) >= 11 is 0. The van der Waals surface area contributed by atoms with E-state index in [0.717, 1.165) is 57.7 Å². The molecule has 4 aromatic rings. The number of benzene rings is 1. The van der Waals surface area contributed by atoms with Gasteiger partial charge in [-0.3, -0.25) is 4.98 Å². The van der Waals surface area contributed by atoms with Gasteiger partial charge in [0.25, 0.3) is 0 Å². The molecule has 4 heterocycles. The summed E-state index contributed by atoms with van der Waals surface area (Å²) in [7, 11) is -1.54. The first kappa shape index (κ1) is 24.5. The number of anilines is 1. The fourth-order valence-corrected chi connectivity index (χ4v) is 7.10. The molecule has 0 radical (unpaired) electrons. The molecule has 1 aromatic carbocycles. The molecule has 0 bridgehead atoms. The first-order chi connectivity index (χ1) is 17.2. The smallest absolute Gasteiger partial charge is 0.243 e. The summed E-state index contributed by atoms with van der Waals surface area (Å²) in [6.07, 6.45) is 6.87. The fraction of sp³-hybridized carbons (Fsp3) is 0.346. The second-order valence-electron chi connectivity index (χ2n) is 9.75. The molecule has 0 unspecified atom stereocenters. The van der Waals surface area contributed by atoms with E-state index in [1.807, 2.05) is 69.8 Å². The predicted molar refractivity (Wildman–Crippen MR) is 144 cm³/mol. The SMILES string of the molecule is Bc1cnn2c(NCc3cccnc3)cc(C3CCN(S(=O)(=O)c4c(C)cc(C)cc4C)CC3)nc12. The predicted octanol–water partition coefficient (Wildman–Crippen LogP) is 2.49. The number of pyridine rings is 1. The molecule has 8 nitrogen and oxygen atoms in total. The summed E-state index contributed by atoms with van der Waals surface area (Å²) in [5.74, 6) is 1.04. The van der Waals surface area contributed by atoms with Crippen LogP contribution in [0.4, 0.5) is 5.82 Å². The van der Waals surface area contributed by atoms with Crippen LogP contribution in [0.1, 0.15) is 46.7 Å². The van der Waals surface area contributed by atoms with Crippen LogP contribution in [0.25, 0.3) is 5.65 Å². The molecule has 0 saturated carbocycles. The largest absolute Gasteiger partial charge is 0.366 e. The van der Waals surface area contributed by atoms with E-state index in [2.05, 4.69) is 21.5 Å². The van der Waals surface area contributed by atoms with E-state index < -0.39 is 10.0 Å². The Kier molecular flexibility index (Phi) is 6.57. The van der Waals surface area contributed by atoms with Gasteiger partial charge in [-0.15, -0.1) is 0 Å². The molecule has 10 heteroatoms. The van der Waals surface area contributed by atoms with Gasteiger partial charge in [0.1, 0.15) is 13.7 Å². The minimum atomic E-state index is -3.55. The second-order valence-corrected chi connectivity index (χ2v) is 11.6. The summed E-state index contributed by atoms with van der Waals surface area (Å²) in [6.45, 7) is 7.33. The Bertz CT molecular complexity index is 1490. The average molecular weight is 502 g/mol. The van der Waals surface area contributed by atoms with Crippen molar-refractivity contribution in [3.63, 3.8) is 0 Å². The molecular formula is C26H31BN6O2S. The van der Waals surface area contributed by atoms with Crippen LogP contribution >= 0.6 is 0 Å². The maximum atomic E-state index is 13.5. The molecule has 0 amide bonds. The topological polar surface area (TPSA) is 92.5 Å². The van der Waals surface area contributed by atoms with E-state index in [-0.39, 0.29) is 5.92 Å². The zero-order chi connectivity index (χ0) is 25.4. The van der Waals surface area contributed by atoms with E-state index in [9.17, 15) is 8.42 Å². The van der Waals surface area contributed by atoms with Crippen molar-refractivity contribution in [3.8, 4) is 0 Å². The van der Waals surface area contributed by atoms with Gasteiger partial charge in [-0.05, 0) is 61.8 Å². The van der Waals surface area contributed by atoms with Gasteiger partial charge in [-0.25, -0.2) is 13.4 Å². The molecular weight excluding hydrogens is 471 g/mol. The van der Waals surface area contributed by atoms with Crippen LogP contribution in [0.2, 0.25) is 0 Å². The Hall–Kier alpha value is -3.24. The Balaban J connectivity index is 1.37. The Morgan fingerprint density at radius 1 is 1.08 bits per heavy atom. The molecule has 0 atom stereocenters. The molecule has 1 aliphatic heterocycles. The third-order valence-corrected chi connectivity index (χ3v) is 9.14. The van der Waals surface area contributed by atoms with Crippen LogP contribution in [0.5, 0.6) is 0 Å². The standard InChI is InChI=1S/C26H31BN6O2S/c1-17-11-18(2)25(19(3)12-17)36(34,35)32-9-6-21(7-10-32)23-13-24(29-15-20-5-4-8-28-14-20)33-26(31-23)22(27)16-30-33/h4-5,8,11-14,16,21,29H,6-7,9-10,15,27H2,1-3H3. The van der Waals surface area contributed by atoms with Crippen LogP contribution in [0.3, 0.4) is 0 Å². The van der Waals surface area contributed by atoms with Crippen molar-refractivity contribution in [2.75, 3.05) is 18.4 Å². The van der Waals surface area contributed by atoms with Crippen molar-refractivity contribution in [1.29, 1.82) is 0 Å². The third-order valence-electron chi connectivity index (χ3n) is 6.94. The van der Waals surface area contributed by atoms with Crippen molar-refractivity contribution >= 4 is 34.8 Å². The second kappa shape index (κ2) is 9.67. The van der Waals surface area contributed by atoms with Gasteiger partial charge in [0.05, 0.1) is 4.90 Å². The van der Waals surface area contributed by atoms with Crippen molar-refractivity contribution in [1.82, 2.24) is 23.9 Å². The quantitative estimate of drug-likeness (QED) is 0.408. The van der Waals surface area contributed by atoms with Gasteiger partial charge in [-0.1, -0.05) is 23.8 Å². The Morgan fingerprint density at radius 2 is 1.81 bits per heavy atom. The van der Waals surface area contributed by atoms with Gasteiger partial charge in [0.15, 0.2) is 5.65 Å². The van der Waals surface area contributed by atoms with Crippen LogP contribution in [-0.2, 0) is 16.6 Å². The van der Waals surface area contributed by atoms with Crippen molar-refractivity contribution in [2.45, 2.75) is 51.0 Å². The van der Waals surface area contributed by atoms with Crippen LogP contribution in [0.15, 0.2) is 53.8 Å². The molecule has 3 aromatic heterocycles. The molecule has 186 valence electrons. The number of aromatic nitrogens is 4. The number of nitrogens with zero attached hydrogens (tertiary/aromatic N) is 5. The highest BCUT2D eigenvalue weighted by atomic mass is 32.2. The normalized spacial score (nSPS) is 15.4. The lowest BCUT2D eigenvalue weighted by Crippen LogP contribution is -2.38. The summed E-state index contributed by atoms with van der Waals surface area (Å²) in [5.41, 5.74) is 6.57. The number of sulfonamides is 1. The maximum absolute atomic E-state index is 13.5. The van der Waals surface area contributed by atoms with Crippen molar-refractivity contribution in [2.24, 2.45) is 0 Å². The minimum absolute atomic E-state index is 0.176. The number of rotatable bonds is 6. The minimum Gasteiger partial charge on any atom is -0.366 e. The molecule has 1 aliphatic rings. The van der Waals surface area contributed by atoms with E-state index in [4.69, 9.17) is 4.98 Å². The zero-order valence-electron chi connectivity index (χ0n) is 21.2. The molecule has 1 saturated heterocycles. The lowest BCUT2D eigenvalue weighted by Gasteiger charge is -2.32. The molecule has 0 aliphatic carbocycles. The third kappa shape index (κ3) is 4.63. The van der Waals surface area contributed by atoms with Crippen LogP contribution < -0.4 is 10.8 Å². The number of piperidine rings is 1. The van der Waals surface area contributed by atoms with Gasteiger partial charge in [0.2, 0.25) is 10.0 Å². The molecule has 0 spiro atoms. The van der Waals surface area contributed by atoms with E-state index in [1.165, 1.54) is 0 Å². The summed E-state index contributed by atoms with van der Waals surface area (Å²) in [4.78, 5) is 9.57. The van der Waals surface area contributed by atoms with Gasteiger partial charge in [0, 0.05) is 55.9 Å². The van der Waals surface area contributed by atoms with E-state index >= 15 is 0 Å². The highest BCUT2D eigenvalue weighted by Crippen LogP contribution is 2.33. The molecule has 1 fully saturated rings. The molecule has 5 rings (SSSR count). The summed E-state index contributed by atoms with van der Waals surface area (Å²) in [6, 6.07) is 9.89. The van der Waals surface area contributed by atoms with Crippen molar-refractivity contribution < 1.29 is 8.42 Å². The highest BCUT2D eigenvalue weighted by molar-refractivity contribution is 7.89. The highest BCUT2D eigenvalue weighted by Gasteiger charge is 2.32. The Morgan fingerprint density at radius 3 is 2.47 bits per heavy atom. The van der Waals surface area contributed by atoms with Gasteiger partial charge < -0.3 is 5.32 Å². The monoisotopic (exact) mass is 502 g/mol. The lowest BCUT2D eigenvalue weighted by atomic mass is 9.94. The molecule has 1 N–H and O–H groups in total. The average Bonchev–Trinajstić information content (AvgIpc) is 3.23. The number of hydrogen-bond donors (Lipinski definition) is 1. The van der Waals surface area contributed by atoms with Crippen LogP contribution in [0, 0.1) is 20.8 Å². The number of hydrogen-bond acceptors (Lipinski definition) is 6. The number of aryl methyl sites for hydroxylation is 3. The van der Waals surface area contributed by atoms with Gasteiger partial charge in [-0.2, -0.15) is 13.9 Å². The zero-order valence-corrected chi connectivity index (χ0v) is 22.0. The van der Waals surface area contributed by atoms with E-state index in [1.54, 1.807) is 10.5 Å². The van der Waals surface area contributed by atoms with E-state index in [0.29, 0.717) is 24.5 Å². The van der Waals surface area contributed by atoms with Crippen LogP contribution in [-0.4, -0.2) is 53.2 Å². The Labute approximate surface area is 213 Å². The number of fused-ring (bicyclic) bond motifs is 1. The first-order valence-electron chi connectivity index (χ1n) is 12.3. The summed E-state index contributed by atoms with van der Waals surface area (Å²) in [5, 5.41) is 7.99. The fourth-order valence-electron chi connectivity index (χ4n) is 5.22. The maximum Gasteiger partial charge on any atom is 0.243 e.